The first-order valence-corrected chi connectivity index (χ1v) is 6.30. The Morgan fingerprint density at radius 2 is 2.11 bits per heavy atom. The van der Waals surface area contributed by atoms with Crippen molar-refractivity contribution in [2.24, 2.45) is 5.84 Å². The van der Waals surface area contributed by atoms with E-state index < -0.39 is 0 Å². The quantitative estimate of drug-likeness (QED) is 0.674. The number of benzene rings is 1. The third kappa shape index (κ3) is 3.13. The lowest BCUT2D eigenvalue weighted by atomic mass is 10.00. The molecule has 5 heteroatoms. The zero-order valence-corrected chi connectivity index (χ0v) is 11.2. The number of nitrogens with one attached hydrogen (secondary N) is 1. The van der Waals surface area contributed by atoms with E-state index in [1.165, 1.54) is 6.07 Å². The summed E-state index contributed by atoms with van der Waals surface area (Å²) in [6, 6.07) is 8.28. The molecule has 0 aliphatic heterocycles. The second-order valence-electron chi connectivity index (χ2n) is 3.96. The van der Waals surface area contributed by atoms with E-state index in [2.05, 4.69) is 26.3 Å². The van der Waals surface area contributed by atoms with Crippen LogP contribution in [-0.4, -0.2) is 4.98 Å². The molecular weight excluding hydrogens is 297 g/mol. The lowest BCUT2D eigenvalue weighted by Crippen LogP contribution is -2.30. The number of aromatic nitrogens is 1. The second kappa shape index (κ2) is 6.04. The van der Waals surface area contributed by atoms with Crippen LogP contribution >= 0.6 is 15.9 Å². The third-order valence-corrected chi connectivity index (χ3v) is 3.12. The van der Waals surface area contributed by atoms with Crippen LogP contribution in [0.2, 0.25) is 0 Å². The first-order chi connectivity index (χ1) is 8.70. The van der Waals surface area contributed by atoms with Gasteiger partial charge in [-0.1, -0.05) is 18.2 Å². The van der Waals surface area contributed by atoms with E-state index in [0.29, 0.717) is 12.0 Å². The van der Waals surface area contributed by atoms with Gasteiger partial charge in [-0.15, -0.1) is 0 Å². The summed E-state index contributed by atoms with van der Waals surface area (Å²) in [5, 5.41) is 0. The zero-order chi connectivity index (χ0) is 13.0. The molecule has 1 atom stereocenters. The minimum Gasteiger partial charge on any atom is -0.271 e. The Labute approximate surface area is 113 Å². The second-order valence-corrected chi connectivity index (χ2v) is 4.87. The number of nitrogens with two attached hydrogens (primary N) is 1. The first kappa shape index (κ1) is 13.1. The monoisotopic (exact) mass is 309 g/mol. The Kier molecular flexibility index (Phi) is 4.41. The number of hydrogen-bond donors (Lipinski definition) is 2. The van der Waals surface area contributed by atoms with E-state index in [4.69, 9.17) is 5.84 Å². The van der Waals surface area contributed by atoms with E-state index in [9.17, 15) is 4.39 Å². The molecule has 2 rings (SSSR count). The summed E-state index contributed by atoms with van der Waals surface area (Å²) in [4.78, 5) is 4.08. The summed E-state index contributed by atoms with van der Waals surface area (Å²) in [5.74, 6) is 5.25. The summed E-state index contributed by atoms with van der Waals surface area (Å²) in [6.45, 7) is 0. The Morgan fingerprint density at radius 3 is 2.78 bits per heavy atom. The fourth-order valence-electron chi connectivity index (χ4n) is 1.82. The molecule has 3 N–H and O–H groups in total. The van der Waals surface area contributed by atoms with Crippen LogP contribution in [-0.2, 0) is 6.42 Å². The van der Waals surface area contributed by atoms with Gasteiger partial charge in [-0.3, -0.25) is 16.3 Å². The smallest absolute Gasteiger partial charge is 0.128 e. The normalized spacial score (nSPS) is 12.4. The Morgan fingerprint density at radius 1 is 1.33 bits per heavy atom. The summed E-state index contributed by atoms with van der Waals surface area (Å²) in [7, 11) is 0. The highest BCUT2D eigenvalue weighted by molar-refractivity contribution is 9.10. The zero-order valence-electron chi connectivity index (χ0n) is 9.61. The lowest BCUT2D eigenvalue weighted by molar-refractivity contribution is 0.510. The van der Waals surface area contributed by atoms with Crippen molar-refractivity contribution in [3.05, 3.63) is 64.1 Å². The van der Waals surface area contributed by atoms with E-state index >= 15 is 0 Å². The minimum absolute atomic E-state index is 0.261. The molecule has 0 fully saturated rings. The third-order valence-electron chi connectivity index (χ3n) is 2.68. The van der Waals surface area contributed by atoms with Crippen molar-refractivity contribution in [1.82, 2.24) is 10.4 Å². The van der Waals surface area contributed by atoms with Crippen LogP contribution in [0.3, 0.4) is 0 Å². The van der Waals surface area contributed by atoms with Crippen LogP contribution in [0.1, 0.15) is 17.2 Å². The molecule has 0 aliphatic carbocycles. The van der Waals surface area contributed by atoms with Crippen molar-refractivity contribution in [1.29, 1.82) is 0 Å². The van der Waals surface area contributed by atoms with Gasteiger partial charge in [0.15, 0.2) is 0 Å². The molecule has 0 radical (unpaired) electrons. The molecule has 1 aromatic carbocycles. The fourth-order valence-corrected chi connectivity index (χ4v) is 2.23. The van der Waals surface area contributed by atoms with E-state index in [0.717, 1.165) is 10.0 Å². The summed E-state index contributed by atoms with van der Waals surface area (Å²) in [5.41, 5.74) is 4.18. The van der Waals surface area contributed by atoms with Gasteiger partial charge in [0.1, 0.15) is 5.82 Å². The molecule has 1 unspecified atom stereocenters. The van der Waals surface area contributed by atoms with Crippen LogP contribution in [0, 0.1) is 5.82 Å². The Bertz CT molecular complexity index is 533. The molecule has 0 saturated carbocycles. The number of nitrogens with zero attached hydrogens (tertiary/aromatic N) is 1. The molecule has 0 amide bonds. The van der Waals surface area contributed by atoms with Crippen LogP contribution in [0.25, 0.3) is 0 Å². The molecule has 0 spiro atoms. The van der Waals surface area contributed by atoms with Gasteiger partial charge in [-0.2, -0.15) is 0 Å². The summed E-state index contributed by atoms with van der Waals surface area (Å²) in [6.07, 6.45) is 4.03. The predicted octanol–water partition coefficient (Wildman–Crippen LogP) is 2.73. The SMILES string of the molecule is NNC(Cc1cncc(Br)c1)c1ccccc1F. The first-order valence-electron chi connectivity index (χ1n) is 5.50. The highest BCUT2D eigenvalue weighted by Gasteiger charge is 2.14. The molecule has 94 valence electrons. The average Bonchev–Trinajstić information content (AvgIpc) is 2.37. The van der Waals surface area contributed by atoms with E-state index in [-0.39, 0.29) is 11.9 Å². The maximum absolute atomic E-state index is 13.7. The van der Waals surface area contributed by atoms with Crippen LogP contribution < -0.4 is 11.3 Å². The van der Waals surface area contributed by atoms with Crippen molar-refractivity contribution < 1.29 is 4.39 Å². The standard InChI is InChI=1S/C13H13BrFN3/c14-10-5-9(7-17-8-10)6-13(18-16)11-3-1-2-4-12(11)15/h1-5,7-8,13,18H,6,16H2. The van der Waals surface area contributed by atoms with Crippen LogP contribution in [0.4, 0.5) is 4.39 Å². The number of hydrazine groups is 1. The molecule has 0 aliphatic rings. The number of halogens is 2. The molecule has 1 heterocycles. The minimum atomic E-state index is -0.276. The maximum atomic E-state index is 13.7. The number of hydrogen-bond acceptors (Lipinski definition) is 3. The van der Waals surface area contributed by atoms with Gasteiger partial charge < -0.3 is 0 Å². The van der Waals surface area contributed by atoms with Gasteiger partial charge in [0.05, 0.1) is 6.04 Å². The maximum Gasteiger partial charge on any atom is 0.128 e. The van der Waals surface area contributed by atoms with Crippen molar-refractivity contribution in [3.63, 3.8) is 0 Å². The molecule has 2 aromatic rings. The molecule has 1 aromatic heterocycles. The van der Waals surface area contributed by atoms with Gasteiger partial charge in [-0.25, -0.2) is 4.39 Å². The number of rotatable bonds is 4. The largest absolute Gasteiger partial charge is 0.271 e. The van der Waals surface area contributed by atoms with Crippen molar-refractivity contribution in [3.8, 4) is 0 Å². The highest BCUT2D eigenvalue weighted by atomic mass is 79.9. The lowest BCUT2D eigenvalue weighted by Gasteiger charge is -2.17. The van der Waals surface area contributed by atoms with Gasteiger partial charge in [0.25, 0.3) is 0 Å². The number of pyridine rings is 1. The van der Waals surface area contributed by atoms with Crippen molar-refractivity contribution in [2.45, 2.75) is 12.5 Å². The summed E-state index contributed by atoms with van der Waals surface area (Å²) >= 11 is 3.36. The van der Waals surface area contributed by atoms with E-state index in [1.54, 1.807) is 30.6 Å². The Balaban J connectivity index is 2.23. The molecule has 18 heavy (non-hydrogen) atoms. The van der Waals surface area contributed by atoms with Crippen molar-refractivity contribution in [2.75, 3.05) is 0 Å². The molecule has 3 nitrogen and oxygen atoms in total. The van der Waals surface area contributed by atoms with Gasteiger partial charge in [0.2, 0.25) is 0 Å². The van der Waals surface area contributed by atoms with Gasteiger partial charge in [0, 0.05) is 22.4 Å². The molecule has 0 bridgehead atoms. The Hall–Kier alpha value is -1.30. The fraction of sp³-hybridized carbons (Fsp3) is 0.154. The predicted molar refractivity (Wildman–Crippen MR) is 72.1 cm³/mol. The summed E-state index contributed by atoms with van der Waals surface area (Å²) < 4.78 is 14.6. The van der Waals surface area contributed by atoms with Gasteiger partial charge in [-0.05, 0) is 40.0 Å². The van der Waals surface area contributed by atoms with Crippen LogP contribution in [0.15, 0.2) is 47.2 Å². The molecular formula is C13H13BrFN3. The van der Waals surface area contributed by atoms with E-state index in [1.807, 2.05) is 6.07 Å². The average molecular weight is 310 g/mol. The highest BCUT2D eigenvalue weighted by Crippen LogP contribution is 2.21. The molecule has 0 saturated heterocycles. The van der Waals surface area contributed by atoms with Gasteiger partial charge >= 0.3 is 0 Å². The van der Waals surface area contributed by atoms with Crippen LogP contribution in [0.5, 0.6) is 0 Å². The topological polar surface area (TPSA) is 50.9 Å². The van der Waals surface area contributed by atoms with Crippen molar-refractivity contribution >= 4 is 15.9 Å².